The van der Waals surface area contributed by atoms with E-state index in [9.17, 15) is 9.59 Å². The highest BCUT2D eigenvalue weighted by Crippen LogP contribution is 2.22. The van der Waals surface area contributed by atoms with Crippen molar-refractivity contribution < 1.29 is 9.59 Å². The summed E-state index contributed by atoms with van der Waals surface area (Å²) in [6.07, 6.45) is 1.41. The summed E-state index contributed by atoms with van der Waals surface area (Å²) >= 11 is 11.9. The zero-order valence-electron chi connectivity index (χ0n) is 11.9. The Morgan fingerprint density at radius 3 is 2.29 bits per heavy atom. The van der Waals surface area contributed by atoms with Crippen molar-refractivity contribution in [3.05, 3.63) is 33.8 Å². The number of amides is 2. The van der Waals surface area contributed by atoms with E-state index in [1.165, 1.54) is 0 Å². The van der Waals surface area contributed by atoms with E-state index >= 15 is 0 Å². The SMILES string of the molecule is CCCC(=O)N1CCN(C(=O)c2ccc(Cl)cc2Cl)CC1. The molecule has 0 N–H and O–H groups in total. The fourth-order valence-corrected chi connectivity index (χ4v) is 2.85. The minimum Gasteiger partial charge on any atom is -0.339 e. The maximum Gasteiger partial charge on any atom is 0.255 e. The van der Waals surface area contributed by atoms with E-state index in [0.717, 1.165) is 6.42 Å². The molecule has 0 aromatic heterocycles. The average Bonchev–Trinajstić information content (AvgIpc) is 2.47. The molecule has 114 valence electrons. The quantitative estimate of drug-likeness (QED) is 0.855. The number of hydrogen-bond donors (Lipinski definition) is 0. The van der Waals surface area contributed by atoms with Crippen molar-refractivity contribution in [3.8, 4) is 0 Å². The Labute approximate surface area is 134 Å². The Kier molecular flexibility index (Phi) is 5.48. The number of carbonyl (C=O) groups excluding carboxylic acids is 2. The lowest BCUT2D eigenvalue weighted by molar-refractivity contribution is -0.132. The van der Waals surface area contributed by atoms with Crippen LogP contribution in [0.5, 0.6) is 0 Å². The molecule has 0 aliphatic carbocycles. The molecule has 0 atom stereocenters. The minimum atomic E-state index is -0.112. The second-order valence-electron chi connectivity index (χ2n) is 5.05. The third kappa shape index (κ3) is 3.89. The zero-order valence-corrected chi connectivity index (χ0v) is 13.5. The Balaban J connectivity index is 1.98. The van der Waals surface area contributed by atoms with E-state index in [1.54, 1.807) is 23.1 Å². The van der Waals surface area contributed by atoms with Crippen molar-refractivity contribution in [1.29, 1.82) is 0 Å². The predicted octanol–water partition coefficient (Wildman–Crippen LogP) is 3.08. The normalized spacial score (nSPS) is 15.2. The number of benzene rings is 1. The first-order valence-corrected chi connectivity index (χ1v) is 7.80. The second kappa shape index (κ2) is 7.14. The molecule has 0 spiro atoms. The highest BCUT2D eigenvalue weighted by molar-refractivity contribution is 6.36. The van der Waals surface area contributed by atoms with Gasteiger partial charge in [0.25, 0.3) is 5.91 Å². The third-order valence-electron chi connectivity index (χ3n) is 3.54. The molecule has 1 heterocycles. The average molecular weight is 329 g/mol. The van der Waals surface area contributed by atoms with E-state index in [2.05, 4.69) is 0 Å². The molecule has 4 nitrogen and oxygen atoms in total. The van der Waals surface area contributed by atoms with Crippen LogP contribution in [0.25, 0.3) is 0 Å². The highest BCUT2D eigenvalue weighted by atomic mass is 35.5. The lowest BCUT2D eigenvalue weighted by Gasteiger charge is -2.35. The summed E-state index contributed by atoms with van der Waals surface area (Å²) in [4.78, 5) is 27.8. The van der Waals surface area contributed by atoms with Crippen LogP contribution in [0.3, 0.4) is 0 Å². The van der Waals surface area contributed by atoms with Gasteiger partial charge in [0.15, 0.2) is 0 Å². The molecule has 0 radical (unpaired) electrons. The third-order valence-corrected chi connectivity index (χ3v) is 4.09. The topological polar surface area (TPSA) is 40.6 Å². The van der Waals surface area contributed by atoms with Gasteiger partial charge in [0.05, 0.1) is 10.6 Å². The number of carbonyl (C=O) groups is 2. The van der Waals surface area contributed by atoms with Gasteiger partial charge in [0, 0.05) is 37.6 Å². The molecule has 0 saturated carbocycles. The maximum atomic E-state index is 12.4. The van der Waals surface area contributed by atoms with E-state index in [4.69, 9.17) is 23.2 Å². The molecule has 1 aromatic rings. The first kappa shape index (κ1) is 16.1. The van der Waals surface area contributed by atoms with Crippen LogP contribution in [-0.4, -0.2) is 47.8 Å². The van der Waals surface area contributed by atoms with E-state index in [-0.39, 0.29) is 11.8 Å². The summed E-state index contributed by atoms with van der Waals surface area (Å²) in [7, 11) is 0. The molecule has 1 aliphatic heterocycles. The van der Waals surface area contributed by atoms with Gasteiger partial charge < -0.3 is 9.80 Å². The van der Waals surface area contributed by atoms with Crippen LogP contribution in [0.2, 0.25) is 10.0 Å². The van der Waals surface area contributed by atoms with Crippen molar-refractivity contribution in [2.75, 3.05) is 26.2 Å². The largest absolute Gasteiger partial charge is 0.339 e. The van der Waals surface area contributed by atoms with Crippen molar-refractivity contribution in [2.24, 2.45) is 0 Å². The Bertz CT molecular complexity index is 540. The van der Waals surface area contributed by atoms with E-state index in [0.29, 0.717) is 48.2 Å². The van der Waals surface area contributed by atoms with Crippen molar-refractivity contribution in [1.82, 2.24) is 9.80 Å². The van der Waals surface area contributed by atoms with Crippen molar-refractivity contribution >= 4 is 35.0 Å². The van der Waals surface area contributed by atoms with Gasteiger partial charge in [0.1, 0.15) is 0 Å². The molecule has 1 saturated heterocycles. The second-order valence-corrected chi connectivity index (χ2v) is 5.89. The van der Waals surface area contributed by atoms with Gasteiger partial charge in [-0.2, -0.15) is 0 Å². The molecule has 21 heavy (non-hydrogen) atoms. The smallest absolute Gasteiger partial charge is 0.255 e. The van der Waals surface area contributed by atoms with E-state index < -0.39 is 0 Å². The molecule has 2 amide bonds. The molecule has 2 rings (SSSR count). The Morgan fingerprint density at radius 2 is 1.71 bits per heavy atom. The van der Waals surface area contributed by atoms with Gasteiger partial charge >= 0.3 is 0 Å². The van der Waals surface area contributed by atoms with Gasteiger partial charge in [-0.05, 0) is 24.6 Å². The van der Waals surface area contributed by atoms with Gasteiger partial charge in [-0.3, -0.25) is 9.59 Å². The highest BCUT2D eigenvalue weighted by Gasteiger charge is 2.25. The van der Waals surface area contributed by atoms with Crippen LogP contribution in [0.15, 0.2) is 18.2 Å². The number of rotatable bonds is 3. The Morgan fingerprint density at radius 1 is 1.10 bits per heavy atom. The summed E-state index contributed by atoms with van der Waals surface area (Å²) in [6, 6.07) is 4.86. The minimum absolute atomic E-state index is 0.112. The van der Waals surface area contributed by atoms with Gasteiger partial charge in [-0.1, -0.05) is 30.1 Å². The van der Waals surface area contributed by atoms with Crippen LogP contribution in [-0.2, 0) is 4.79 Å². The summed E-state index contributed by atoms with van der Waals surface area (Å²) in [5.41, 5.74) is 0.453. The van der Waals surface area contributed by atoms with Crippen molar-refractivity contribution in [3.63, 3.8) is 0 Å². The van der Waals surface area contributed by atoms with Crippen LogP contribution < -0.4 is 0 Å². The van der Waals surface area contributed by atoms with Crippen LogP contribution >= 0.6 is 23.2 Å². The Hall–Kier alpha value is -1.26. The fraction of sp³-hybridized carbons (Fsp3) is 0.467. The number of nitrogens with zero attached hydrogens (tertiary/aromatic N) is 2. The molecule has 1 aliphatic rings. The predicted molar refractivity (Wildman–Crippen MR) is 83.9 cm³/mol. The summed E-state index contributed by atoms with van der Waals surface area (Å²) < 4.78 is 0. The van der Waals surface area contributed by atoms with Gasteiger partial charge in [-0.25, -0.2) is 0 Å². The van der Waals surface area contributed by atoms with Gasteiger partial charge in [-0.15, -0.1) is 0 Å². The molecular formula is C15H18Cl2N2O2. The van der Waals surface area contributed by atoms with E-state index in [1.807, 2.05) is 11.8 Å². The lowest BCUT2D eigenvalue weighted by Crippen LogP contribution is -2.50. The number of hydrogen-bond acceptors (Lipinski definition) is 2. The van der Waals surface area contributed by atoms with Gasteiger partial charge in [0.2, 0.25) is 5.91 Å². The maximum absolute atomic E-state index is 12.4. The molecule has 1 fully saturated rings. The molecule has 1 aromatic carbocycles. The summed E-state index contributed by atoms with van der Waals surface area (Å²) in [5.74, 6) is 0.0494. The number of halogens is 2. The standard InChI is InChI=1S/C15H18Cl2N2O2/c1-2-3-14(20)18-6-8-19(9-7-18)15(21)12-5-4-11(16)10-13(12)17/h4-5,10H,2-3,6-9H2,1H3. The van der Waals surface area contributed by atoms with Crippen LogP contribution in [0, 0.1) is 0 Å². The first-order chi connectivity index (χ1) is 10.0. The summed E-state index contributed by atoms with van der Waals surface area (Å²) in [6.45, 7) is 4.21. The van der Waals surface area contributed by atoms with Crippen LogP contribution in [0.4, 0.5) is 0 Å². The van der Waals surface area contributed by atoms with Crippen molar-refractivity contribution in [2.45, 2.75) is 19.8 Å². The lowest BCUT2D eigenvalue weighted by atomic mass is 10.1. The molecule has 6 heteroatoms. The zero-order chi connectivity index (χ0) is 15.4. The fourth-order valence-electron chi connectivity index (χ4n) is 2.36. The molecule has 0 bridgehead atoms. The summed E-state index contributed by atoms with van der Waals surface area (Å²) in [5, 5.41) is 0.864. The van der Waals surface area contributed by atoms with Crippen LogP contribution in [0.1, 0.15) is 30.1 Å². The molecular weight excluding hydrogens is 311 g/mol. The first-order valence-electron chi connectivity index (χ1n) is 7.05. The molecule has 0 unspecified atom stereocenters. The monoisotopic (exact) mass is 328 g/mol. The number of piperazine rings is 1.